The molecule has 2 fully saturated rings. The van der Waals surface area contributed by atoms with Gasteiger partial charge >= 0.3 is 0 Å². The van der Waals surface area contributed by atoms with Gasteiger partial charge in [0.15, 0.2) is 0 Å². The van der Waals surface area contributed by atoms with Gasteiger partial charge in [-0.3, -0.25) is 0 Å². The predicted molar refractivity (Wildman–Crippen MR) is 61.3 cm³/mol. The summed E-state index contributed by atoms with van der Waals surface area (Å²) in [5.41, 5.74) is 0.712. The molecule has 1 spiro atoms. The molecule has 1 saturated carbocycles. The van der Waals surface area contributed by atoms with Gasteiger partial charge in [-0.05, 0) is 62.3 Å². The zero-order chi connectivity index (χ0) is 10.0. The first kappa shape index (κ1) is 10.5. The van der Waals surface area contributed by atoms with E-state index in [-0.39, 0.29) is 0 Å². The smallest absolute Gasteiger partial charge is 0.000782 e. The maximum absolute atomic E-state index is 3.59. The van der Waals surface area contributed by atoms with Gasteiger partial charge in [-0.25, -0.2) is 0 Å². The Hall–Kier alpha value is -0.0400. The molecule has 1 heterocycles. The highest BCUT2D eigenvalue weighted by molar-refractivity contribution is 4.90. The van der Waals surface area contributed by atoms with Crippen LogP contribution in [-0.2, 0) is 0 Å². The van der Waals surface area contributed by atoms with Crippen molar-refractivity contribution in [1.82, 2.24) is 5.32 Å². The van der Waals surface area contributed by atoms with Gasteiger partial charge in [0.2, 0.25) is 0 Å². The third-order valence-electron chi connectivity index (χ3n) is 4.59. The minimum absolute atomic E-state index is 0.712. The molecule has 1 nitrogen and oxygen atoms in total. The highest BCUT2D eigenvalue weighted by atomic mass is 14.9. The molecule has 0 atom stereocenters. The van der Waals surface area contributed by atoms with E-state index in [1.54, 1.807) is 0 Å². The van der Waals surface area contributed by atoms with Crippen LogP contribution in [0.25, 0.3) is 0 Å². The van der Waals surface area contributed by atoms with Crippen molar-refractivity contribution in [2.75, 3.05) is 13.1 Å². The van der Waals surface area contributed by atoms with Crippen LogP contribution in [0.2, 0.25) is 0 Å². The van der Waals surface area contributed by atoms with E-state index >= 15 is 0 Å². The molecule has 14 heavy (non-hydrogen) atoms. The average Bonchev–Trinajstić information content (AvgIpc) is 2.19. The molecule has 0 aromatic heterocycles. The summed E-state index contributed by atoms with van der Waals surface area (Å²) in [4.78, 5) is 0. The lowest BCUT2D eigenvalue weighted by Gasteiger charge is -2.44. The molecule has 1 N–H and O–H groups in total. The van der Waals surface area contributed by atoms with Gasteiger partial charge in [-0.15, -0.1) is 0 Å². The highest BCUT2D eigenvalue weighted by Gasteiger charge is 2.36. The normalized spacial score (nSPS) is 39.2. The second kappa shape index (κ2) is 4.22. The van der Waals surface area contributed by atoms with E-state index < -0.39 is 0 Å². The van der Waals surface area contributed by atoms with Crippen LogP contribution in [0.15, 0.2) is 0 Å². The molecule has 82 valence electrons. The monoisotopic (exact) mass is 195 g/mol. The van der Waals surface area contributed by atoms with Crippen molar-refractivity contribution in [3.8, 4) is 0 Å². The molecular formula is C13H25N. The van der Waals surface area contributed by atoms with Crippen LogP contribution in [0, 0.1) is 17.3 Å². The van der Waals surface area contributed by atoms with Crippen LogP contribution in [0.1, 0.15) is 52.4 Å². The molecule has 0 amide bonds. The van der Waals surface area contributed by atoms with Gasteiger partial charge in [0.05, 0.1) is 0 Å². The quantitative estimate of drug-likeness (QED) is 0.677. The summed E-state index contributed by atoms with van der Waals surface area (Å²) in [6, 6.07) is 0. The van der Waals surface area contributed by atoms with Crippen molar-refractivity contribution in [2.45, 2.75) is 52.4 Å². The number of nitrogens with one attached hydrogen (secondary N) is 1. The molecule has 2 rings (SSSR count). The van der Waals surface area contributed by atoms with Crippen LogP contribution in [0.4, 0.5) is 0 Å². The van der Waals surface area contributed by atoms with E-state index in [0.717, 1.165) is 11.8 Å². The van der Waals surface area contributed by atoms with Gasteiger partial charge in [-0.1, -0.05) is 13.8 Å². The van der Waals surface area contributed by atoms with Crippen LogP contribution in [-0.4, -0.2) is 13.1 Å². The number of hydrogen-bond donors (Lipinski definition) is 1. The second-order valence-electron chi connectivity index (χ2n) is 5.86. The maximum atomic E-state index is 3.59. The molecule has 0 aromatic rings. The van der Waals surface area contributed by atoms with Crippen LogP contribution in [0.5, 0.6) is 0 Å². The van der Waals surface area contributed by atoms with Crippen LogP contribution >= 0.6 is 0 Å². The minimum atomic E-state index is 0.712. The second-order valence-corrected chi connectivity index (χ2v) is 5.86. The zero-order valence-corrected chi connectivity index (χ0v) is 9.81. The Morgan fingerprint density at radius 2 is 1.86 bits per heavy atom. The van der Waals surface area contributed by atoms with Crippen molar-refractivity contribution in [3.05, 3.63) is 0 Å². The number of rotatable bonds is 1. The predicted octanol–water partition coefficient (Wildman–Crippen LogP) is 3.20. The van der Waals surface area contributed by atoms with E-state index in [1.165, 1.54) is 51.6 Å². The standard InChI is InChI=1S/C13H25N/c1-11(2)12-4-7-13(8-5-12)6-3-9-14-10-13/h11-12,14H,3-10H2,1-2H3. The van der Waals surface area contributed by atoms with Gasteiger partial charge in [-0.2, -0.15) is 0 Å². The lowest BCUT2D eigenvalue weighted by atomic mass is 9.65. The molecule has 0 aromatic carbocycles. The Kier molecular flexibility index (Phi) is 3.16. The fourth-order valence-corrected chi connectivity index (χ4v) is 3.38. The average molecular weight is 195 g/mol. The van der Waals surface area contributed by atoms with Crippen molar-refractivity contribution >= 4 is 0 Å². The van der Waals surface area contributed by atoms with Gasteiger partial charge in [0.1, 0.15) is 0 Å². The van der Waals surface area contributed by atoms with Crippen molar-refractivity contribution < 1.29 is 0 Å². The lowest BCUT2D eigenvalue weighted by Crippen LogP contribution is -2.42. The third-order valence-corrected chi connectivity index (χ3v) is 4.59. The van der Waals surface area contributed by atoms with E-state index in [4.69, 9.17) is 0 Å². The van der Waals surface area contributed by atoms with E-state index in [1.807, 2.05) is 0 Å². The molecule has 0 bridgehead atoms. The molecule has 0 radical (unpaired) electrons. The van der Waals surface area contributed by atoms with Crippen molar-refractivity contribution in [2.24, 2.45) is 17.3 Å². The van der Waals surface area contributed by atoms with E-state index in [2.05, 4.69) is 19.2 Å². The fourth-order valence-electron chi connectivity index (χ4n) is 3.38. The molecule has 1 aliphatic heterocycles. The van der Waals surface area contributed by atoms with Crippen LogP contribution < -0.4 is 5.32 Å². The summed E-state index contributed by atoms with van der Waals surface area (Å²) in [6.07, 6.45) is 8.85. The highest BCUT2D eigenvalue weighted by Crippen LogP contribution is 2.44. The molecule has 1 saturated heterocycles. The van der Waals surface area contributed by atoms with E-state index in [9.17, 15) is 0 Å². The molecular weight excluding hydrogens is 170 g/mol. The Bertz CT molecular complexity index is 170. The lowest BCUT2D eigenvalue weighted by molar-refractivity contribution is 0.0956. The summed E-state index contributed by atoms with van der Waals surface area (Å²) >= 11 is 0. The summed E-state index contributed by atoms with van der Waals surface area (Å²) in [5.74, 6) is 1.92. The third kappa shape index (κ3) is 2.13. The molecule has 0 unspecified atom stereocenters. The van der Waals surface area contributed by atoms with Gasteiger partial charge in [0, 0.05) is 6.54 Å². The molecule has 2 aliphatic rings. The van der Waals surface area contributed by atoms with Gasteiger partial charge in [0.25, 0.3) is 0 Å². The first-order chi connectivity index (χ1) is 6.72. The Morgan fingerprint density at radius 3 is 2.36 bits per heavy atom. The summed E-state index contributed by atoms with van der Waals surface area (Å²) in [7, 11) is 0. The molecule has 1 aliphatic carbocycles. The number of piperidine rings is 1. The fraction of sp³-hybridized carbons (Fsp3) is 1.00. The van der Waals surface area contributed by atoms with Gasteiger partial charge < -0.3 is 5.32 Å². The largest absolute Gasteiger partial charge is 0.316 e. The maximum Gasteiger partial charge on any atom is 0.000782 e. The summed E-state index contributed by atoms with van der Waals surface area (Å²) in [6.45, 7) is 7.34. The van der Waals surface area contributed by atoms with Crippen molar-refractivity contribution in [3.63, 3.8) is 0 Å². The Labute approximate surface area is 88.7 Å². The Balaban J connectivity index is 1.87. The SMILES string of the molecule is CC(C)C1CCC2(CCCNC2)CC1. The van der Waals surface area contributed by atoms with Crippen molar-refractivity contribution in [1.29, 1.82) is 0 Å². The zero-order valence-electron chi connectivity index (χ0n) is 9.81. The number of hydrogen-bond acceptors (Lipinski definition) is 1. The van der Waals surface area contributed by atoms with E-state index in [0.29, 0.717) is 5.41 Å². The summed E-state index contributed by atoms with van der Waals surface area (Å²) < 4.78 is 0. The first-order valence-corrected chi connectivity index (χ1v) is 6.43. The minimum Gasteiger partial charge on any atom is -0.316 e. The summed E-state index contributed by atoms with van der Waals surface area (Å²) in [5, 5.41) is 3.59. The van der Waals surface area contributed by atoms with Crippen LogP contribution in [0.3, 0.4) is 0 Å². The first-order valence-electron chi connectivity index (χ1n) is 6.43. The topological polar surface area (TPSA) is 12.0 Å². The molecule has 1 heteroatoms. The Morgan fingerprint density at radius 1 is 1.14 bits per heavy atom.